The molecule has 1 fully saturated rings. The normalized spacial score (nSPS) is 18.2. The van der Waals surface area contributed by atoms with Gasteiger partial charge in [-0.1, -0.05) is 16.6 Å². The van der Waals surface area contributed by atoms with Gasteiger partial charge >= 0.3 is 5.97 Å². The molecule has 1 amide bonds. The van der Waals surface area contributed by atoms with Crippen LogP contribution in [0, 0.1) is 5.92 Å². The number of carbonyl (C=O) groups is 2. The van der Waals surface area contributed by atoms with Crippen LogP contribution in [0.25, 0.3) is 11.3 Å². The van der Waals surface area contributed by atoms with Gasteiger partial charge in [0.05, 0.1) is 5.92 Å². The number of hydrogen-bond acceptors (Lipinski definition) is 5. The van der Waals surface area contributed by atoms with Crippen LogP contribution in [0.3, 0.4) is 0 Å². The van der Waals surface area contributed by atoms with Gasteiger partial charge in [0, 0.05) is 29.6 Å². The zero-order valence-corrected chi connectivity index (χ0v) is 12.6. The van der Waals surface area contributed by atoms with Gasteiger partial charge in [0.25, 0.3) is 5.91 Å². The standard InChI is InChI=1S/C15H15N3O3S/c19-14(18-7-1-2-12(8-18)15(20)21)11-5-3-10(4-6-11)13-9-22-17-16-13/h3-6,9,12H,1-2,7-8H2,(H,20,21). The molecule has 0 bridgehead atoms. The molecule has 2 aromatic rings. The Morgan fingerprint density at radius 1 is 1.27 bits per heavy atom. The average molecular weight is 317 g/mol. The van der Waals surface area contributed by atoms with Gasteiger partial charge in [0.1, 0.15) is 5.69 Å². The maximum Gasteiger partial charge on any atom is 0.308 e. The highest BCUT2D eigenvalue weighted by Crippen LogP contribution is 2.21. The zero-order chi connectivity index (χ0) is 15.5. The Balaban J connectivity index is 1.73. The molecule has 3 rings (SSSR count). The molecule has 1 aliphatic rings. The van der Waals surface area contributed by atoms with Crippen molar-refractivity contribution in [1.29, 1.82) is 0 Å². The van der Waals surface area contributed by atoms with Crippen molar-refractivity contribution in [2.24, 2.45) is 5.92 Å². The van der Waals surface area contributed by atoms with E-state index in [9.17, 15) is 9.59 Å². The summed E-state index contributed by atoms with van der Waals surface area (Å²) in [7, 11) is 0. The van der Waals surface area contributed by atoms with Gasteiger partial charge in [-0.3, -0.25) is 9.59 Å². The molecule has 2 heterocycles. The van der Waals surface area contributed by atoms with E-state index < -0.39 is 11.9 Å². The van der Waals surface area contributed by atoms with E-state index in [0.29, 0.717) is 18.5 Å². The Bertz CT molecular complexity index is 670. The Labute approximate surface area is 131 Å². The minimum absolute atomic E-state index is 0.117. The smallest absolute Gasteiger partial charge is 0.308 e. The first-order valence-corrected chi connectivity index (χ1v) is 7.88. The van der Waals surface area contributed by atoms with Crippen LogP contribution in [-0.2, 0) is 4.79 Å². The van der Waals surface area contributed by atoms with Crippen LogP contribution in [0.5, 0.6) is 0 Å². The predicted octanol–water partition coefficient (Wildman–Crippen LogP) is 2.14. The lowest BCUT2D eigenvalue weighted by molar-refractivity contribution is -0.143. The van der Waals surface area contributed by atoms with Crippen LogP contribution in [0.4, 0.5) is 0 Å². The molecule has 22 heavy (non-hydrogen) atoms. The van der Waals surface area contributed by atoms with Crippen LogP contribution in [0.1, 0.15) is 23.2 Å². The van der Waals surface area contributed by atoms with Gasteiger partial charge in [0.2, 0.25) is 0 Å². The maximum absolute atomic E-state index is 12.5. The summed E-state index contributed by atoms with van der Waals surface area (Å²) in [6, 6.07) is 7.17. The predicted molar refractivity (Wildman–Crippen MR) is 81.6 cm³/mol. The molecule has 6 nitrogen and oxygen atoms in total. The molecule has 114 valence electrons. The molecular weight excluding hydrogens is 302 g/mol. The van der Waals surface area contributed by atoms with E-state index in [0.717, 1.165) is 17.7 Å². The fourth-order valence-corrected chi connectivity index (χ4v) is 3.09. The molecule has 0 aliphatic carbocycles. The van der Waals surface area contributed by atoms with Crippen molar-refractivity contribution in [2.75, 3.05) is 13.1 Å². The summed E-state index contributed by atoms with van der Waals surface area (Å²) in [5.74, 6) is -1.41. The molecule has 1 atom stereocenters. The number of piperidine rings is 1. The minimum atomic E-state index is -0.830. The molecule has 0 radical (unpaired) electrons. The first kappa shape index (κ1) is 14.6. The SMILES string of the molecule is O=C(O)C1CCCN(C(=O)c2ccc(-c3csnn3)cc2)C1. The first-order chi connectivity index (χ1) is 10.6. The lowest BCUT2D eigenvalue weighted by Gasteiger charge is -2.30. The first-order valence-electron chi connectivity index (χ1n) is 7.05. The van der Waals surface area contributed by atoms with Gasteiger partial charge in [0.15, 0.2) is 0 Å². The third-order valence-electron chi connectivity index (χ3n) is 3.85. The van der Waals surface area contributed by atoms with Gasteiger partial charge < -0.3 is 10.0 Å². The summed E-state index contributed by atoms with van der Waals surface area (Å²) in [4.78, 5) is 25.2. The fourth-order valence-electron chi connectivity index (χ4n) is 2.62. The lowest BCUT2D eigenvalue weighted by Crippen LogP contribution is -2.42. The van der Waals surface area contributed by atoms with E-state index in [-0.39, 0.29) is 12.5 Å². The van der Waals surface area contributed by atoms with Crippen LogP contribution in [0.15, 0.2) is 29.6 Å². The topological polar surface area (TPSA) is 83.4 Å². The number of likely N-dealkylation sites (tertiary alicyclic amines) is 1. The number of amides is 1. The second-order valence-corrected chi connectivity index (χ2v) is 5.91. The molecular formula is C15H15N3O3S. The van der Waals surface area contributed by atoms with Crippen molar-refractivity contribution in [3.05, 3.63) is 35.2 Å². The summed E-state index contributed by atoms with van der Waals surface area (Å²) < 4.78 is 3.82. The maximum atomic E-state index is 12.5. The number of rotatable bonds is 3. The number of benzene rings is 1. The van der Waals surface area contributed by atoms with Crippen molar-refractivity contribution in [3.8, 4) is 11.3 Å². The number of hydrogen-bond donors (Lipinski definition) is 1. The van der Waals surface area contributed by atoms with Crippen molar-refractivity contribution < 1.29 is 14.7 Å². The number of carboxylic acids is 1. The van der Waals surface area contributed by atoms with E-state index in [2.05, 4.69) is 9.59 Å². The molecule has 1 unspecified atom stereocenters. The average Bonchev–Trinajstić information content (AvgIpc) is 3.09. The van der Waals surface area contributed by atoms with E-state index in [1.54, 1.807) is 17.0 Å². The van der Waals surface area contributed by atoms with Crippen molar-refractivity contribution in [3.63, 3.8) is 0 Å². The van der Waals surface area contributed by atoms with Crippen LogP contribution < -0.4 is 0 Å². The van der Waals surface area contributed by atoms with Crippen LogP contribution in [0.2, 0.25) is 0 Å². The Morgan fingerprint density at radius 3 is 2.68 bits per heavy atom. The number of aromatic nitrogens is 2. The summed E-state index contributed by atoms with van der Waals surface area (Å²) >= 11 is 1.28. The molecule has 1 aromatic carbocycles. The Hall–Kier alpha value is -2.28. The van der Waals surface area contributed by atoms with Gasteiger partial charge in [-0.2, -0.15) is 0 Å². The molecule has 1 aliphatic heterocycles. The van der Waals surface area contributed by atoms with Gasteiger partial charge in [-0.05, 0) is 36.5 Å². The molecule has 7 heteroatoms. The highest BCUT2D eigenvalue weighted by atomic mass is 32.1. The van der Waals surface area contributed by atoms with E-state index >= 15 is 0 Å². The number of aliphatic carboxylic acids is 1. The molecule has 1 N–H and O–H groups in total. The Morgan fingerprint density at radius 2 is 2.05 bits per heavy atom. The Kier molecular flexibility index (Phi) is 4.15. The highest BCUT2D eigenvalue weighted by molar-refractivity contribution is 7.03. The van der Waals surface area contributed by atoms with E-state index in [1.165, 1.54) is 11.5 Å². The summed E-state index contributed by atoms with van der Waals surface area (Å²) in [5, 5.41) is 14.9. The van der Waals surface area contributed by atoms with Crippen molar-refractivity contribution in [1.82, 2.24) is 14.5 Å². The number of carbonyl (C=O) groups excluding carboxylic acids is 1. The number of nitrogens with zero attached hydrogens (tertiary/aromatic N) is 3. The van der Waals surface area contributed by atoms with Crippen LogP contribution in [-0.4, -0.2) is 44.6 Å². The molecule has 0 saturated carbocycles. The second kappa shape index (κ2) is 6.23. The van der Waals surface area contributed by atoms with Crippen molar-refractivity contribution in [2.45, 2.75) is 12.8 Å². The summed E-state index contributed by atoms with van der Waals surface area (Å²) in [6.45, 7) is 0.895. The summed E-state index contributed by atoms with van der Waals surface area (Å²) in [6.07, 6.45) is 1.36. The van der Waals surface area contributed by atoms with E-state index in [1.807, 2.05) is 17.5 Å². The highest BCUT2D eigenvalue weighted by Gasteiger charge is 2.28. The fraction of sp³-hybridized carbons (Fsp3) is 0.333. The third-order valence-corrected chi connectivity index (χ3v) is 4.35. The largest absolute Gasteiger partial charge is 0.481 e. The molecule has 1 aromatic heterocycles. The van der Waals surface area contributed by atoms with Crippen LogP contribution >= 0.6 is 11.5 Å². The third kappa shape index (κ3) is 2.99. The van der Waals surface area contributed by atoms with Crippen molar-refractivity contribution >= 4 is 23.4 Å². The quantitative estimate of drug-likeness (QED) is 0.937. The second-order valence-electron chi connectivity index (χ2n) is 5.30. The molecule has 1 saturated heterocycles. The van der Waals surface area contributed by atoms with Gasteiger partial charge in [-0.15, -0.1) is 5.10 Å². The van der Waals surface area contributed by atoms with Gasteiger partial charge in [-0.25, -0.2) is 0 Å². The summed E-state index contributed by atoms with van der Waals surface area (Å²) in [5.41, 5.74) is 2.26. The lowest BCUT2D eigenvalue weighted by atomic mass is 9.97. The monoisotopic (exact) mass is 317 g/mol. The number of carboxylic acid groups (broad SMARTS) is 1. The van der Waals surface area contributed by atoms with E-state index in [4.69, 9.17) is 5.11 Å². The zero-order valence-electron chi connectivity index (χ0n) is 11.8. The molecule has 0 spiro atoms. The minimum Gasteiger partial charge on any atom is -0.481 e.